The molecule has 2 fully saturated rings. The fourth-order valence-corrected chi connectivity index (χ4v) is 3.55. The molecule has 85 valence electrons. The fourth-order valence-electron chi connectivity index (χ4n) is 3.55. The van der Waals surface area contributed by atoms with Gasteiger partial charge < -0.3 is 0 Å². The molecule has 0 aromatic carbocycles. The average molecular weight is 205 g/mol. The summed E-state index contributed by atoms with van der Waals surface area (Å²) in [7, 11) is 0. The Labute approximate surface area is 95.1 Å². The summed E-state index contributed by atoms with van der Waals surface area (Å²) in [5.74, 6) is 3.10. The van der Waals surface area contributed by atoms with Crippen molar-refractivity contribution in [1.29, 1.82) is 0 Å². The Bertz CT molecular complexity index is 180. The third kappa shape index (κ3) is 3.09. The zero-order valence-corrected chi connectivity index (χ0v) is 9.96. The summed E-state index contributed by atoms with van der Waals surface area (Å²) in [5, 5.41) is 0. The second kappa shape index (κ2) is 5.72. The summed E-state index contributed by atoms with van der Waals surface area (Å²) in [6.45, 7) is 3.86. The number of hydrogen-bond acceptors (Lipinski definition) is 0. The molecule has 15 heavy (non-hydrogen) atoms. The normalized spacial score (nSPS) is 33.9. The molecule has 0 unspecified atom stereocenters. The van der Waals surface area contributed by atoms with Crippen molar-refractivity contribution in [1.82, 2.24) is 0 Å². The maximum Gasteiger partial charge on any atom is -0.0325 e. The first-order valence-corrected chi connectivity index (χ1v) is 6.82. The third-order valence-corrected chi connectivity index (χ3v) is 4.54. The lowest BCUT2D eigenvalue weighted by atomic mass is 9.70. The van der Waals surface area contributed by atoms with E-state index in [4.69, 9.17) is 0 Å². The van der Waals surface area contributed by atoms with Crippen molar-refractivity contribution in [2.45, 2.75) is 57.8 Å². The van der Waals surface area contributed by atoms with Crippen LogP contribution in [0.2, 0.25) is 0 Å². The van der Waals surface area contributed by atoms with Gasteiger partial charge in [-0.2, -0.15) is 0 Å². The van der Waals surface area contributed by atoms with Crippen LogP contribution in [0.5, 0.6) is 0 Å². The minimum atomic E-state index is 0.967. The SMILES string of the molecule is C=CCC1CCC(C2CC[CH]CC2)CC1. The van der Waals surface area contributed by atoms with Gasteiger partial charge >= 0.3 is 0 Å². The van der Waals surface area contributed by atoms with Crippen LogP contribution in [0.4, 0.5) is 0 Å². The molecular formula is C15H25. The van der Waals surface area contributed by atoms with Gasteiger partial charge in [0.2, 0.25) is 0 Å². The zero-order valence-electron chi connectivity index (χ0n) is 9.96. The highest BCUT2D eigenvalue weighted by molar-refractivity contribution is 4.85. The van der Waals surface area contributed by atoms with Gasteiger partial charge in [0.1, 0.15) is 0 Å². The molecule has 2 aliphatic carbocycles. The van der Waals surface area contributed by atoms with Gasteiger partial charge in [-0.1, -0.05) is 6.08 Å². The lowest BCUT2D eigenvalue weighted by Crippen LogP contribution is -2.23. The highest BCUT2D eigenvalue weighted by atomic mass is 14.3. The van der Waals surface area contributed by atoms with Crippen LogP contribution < -0.4 is 0 Å². The molecule has 2 aliphatic rings. The van der Waals surface area contributed by atoms with Gasteiger partial charge in [0.15, 0.2) is 0 Å². The Kier molecular flexibility index (Phi) is 4.29. The van der Waals surface area contributed by atoms with E-state index in [0.717, 1.165) is 17.8 Å². The fraction of sp³-hybridized carbons (Fsp3) is 0.800. The summed E-state index contributed by atoms with van der Waals surface area (Å²) in [4.78, 5) is 0. The summed E-state index contributed by atoms with van der Waals surface area (Å²) < 4.78 is 0. The van der Waals surface area contributed by atoms with Crippen molar-refractivity contribution in [2.75, 3.05) is 0 Å². The van der Waals surface area contributed by atoms with Crippen LogP contribution >= 0.6 is 0 Å². The molecule has 1 radical (unpaired) electrons. The lowest BCUT2D eigenvalue weighted by molar-refractivity contribution is 0.178. The molecule has 0 bridgehead atoms. The van der Waals surface area contributed by atoms with Crippen LogP contribution in [0.25, 0.3) is 0 Å². The Morgan fingerprint density at radius 2 is 1.53 bits per heavy atom. The van der Waals surface area contributed by atoms with Gasteiger partial charge in [-0.15, -0.1) is 6.58 Å². The van der Waals surface area contributed by atoms with Gasteiger partial charge in [0.05, 0.1) is 0 Å². The van der Waals surface area contributed by atoms with E-state index in [1.165, 1.54) is 57.8 Å². The highest BCUT2D eigenvalue weighted by Crippen LogP contribution is 2.40. The third-order valence-electron chi connectivity index (χ3n) is 4.54. The van der Waals surface area contributed by atoms with E-state index in [-0.39, 0.29) is 0 Å². The Morgan fingerprint density at radius 1 is 0.933 bits per heavy atom. The molecule has 2 rings (SSSR count). The molecule has 0 nitrogen and oxygen atoms in total. The molecule has 0 amide bonds. The quantitative estimate of drug-likeness (QED) is 0.582. The van der Waals surface area contributed by atoms with E-state index < -0.39 is 0 Å². The first-order chi connectivity index (χ1) is 7.40. The van der Waals surface area contributed by atoms with E-state index in [2.05, 4.69) is 19.1 Å². The molecule has 0 atom stereocenters. The molecule has 0 saturated heterocycles. The van der Waals surface area contributed by atoms with E-state index >= 15 is 0 Å². The summed E-state index contributed by atoms with van der Waals surface area (Å²) >= 11 is 0. The maximum atomic E-state index is 3.86. The molecule has 0 aromatic heterocycles. The minimum Gasteiger partial charge on any atom is -0.103 e. The zero-order chi connectivity index (χ0) is 10.5. The number of hydrogen-bond donors (Lipinski definition) is 0. The average Bonchev–Trinajstić information content (AvgIpc) is 2.32. The minimum absolute atomic E-state index is 0.967. The van der Waals surface area contributed by atoms with Gasteiger partial charge in [0.25, 0.3) is 0 Å². The number of allylic oxidation sites excluding steroid dienone is 1. The van der Waals surface area contributed by atoms with Crippen LogP contribution in [0.1, 0.15) is 57.8 Å². The van der Waals surface area contributed by atoms with Crippen molar-refractivity contribution in [3.05, 3.63) is 19.1 Å². The monoisotopic (exact) mass is 205 g/mol. The van der Waals surface area contributed by atoms with E-state index in [1.54, 1.807) is 0 Å². The molecular weight excluding hydrogens is 180 g/mol. The van der Waals surface area contributed by atoms with Gasteiger partial charge in [0, 0.05) is 0 Å². The standard InChI is InChI=1S/C15H25/c1-2-6-13-9-11-15(12-10-13)14-7-4-3-5-8-14/h2-3,13-15H,1,4-12H2. The molecule has 0 N–H and O–H groups in total. The molecule has 0 aliphatic heterocycles. The largest absolute Gasteiger partial charge is 0.103 e. The first kappa shape index (κ1) is 11.2. The van der Waals surface area contributed by atoms with Gasteiger partial charge in [-0.05, 0) is 82.0 Å². The predicted molar refractivity (Wildman–Crippen MR) is 66.5 cm³/mol. The van der Waals surface area contributed by atoms with Crippen LogP contribution in [-0.4, -0.2) is 0 Å². The summed E-state index contributed by atoms with van der Waals surface area (Å²) in [6, 6.07) is 0. The maximum absolute atomic E-state index is 3.86. The van der Waals surface area contributed by atoms with E-state index in [1.807, 2.05) is 0 Å². The second-order valence-corrected chi connectivity index (χ2v) is 5.51. The molecule has 2 saturated carbocycles. The molecule has 0 heterocycles. The van der Waals surface area contributed by atoms with Crippen molar-refractivity contribution in [3.8, 4) is 0 Å². The second-order valence-electron chi connectivity index (χ2n) is 5.51. The molecule has 0 spiro atoms. The summed E-state index contributed by atoms with van der Waals surface area (Å²) in [5.41, 5.74) is 0. The topological polar surface area (TPSA) is 0 Å². The van der Waals surface area contributed by atoms with Crippen molar-refractivity contribution >= 4 is 0 Å². The van der Waals surface area contributed by atoms with Crippen LogP contribution in [-0.2, 0) is 0 Å². The van der Waals surface area contributed by atoms with Crippen LogP contribution in [0.3, 0.4) is 0 Å². The predicted octanol–water partition coefficient (Wildman–Crippen LogP) is 4.76. The smallest absolute Gasteiger partial charge is 0.0325 e. The van der Waals surface area contributed by atoms with Gasteiger partial charge in [-0.25, -0.2) is 0 Å². The lowest BCUT2D eigenvalue weighted by Gasteiger charge is -2.35. The molecule has 0 heteroatoms. The highest BCUT2D eigenvalue weighted by Gasteiger charge is 2.27. The molecule has 0 aromatic rings. The van der Waals surface area contributed by atoms with E-state index in [9.17, 15) is 0 Å². The van der Waals surface area contributed by atoms with Gasteiger partial charge in [-0.3, -0.25) is 0 Å². The first-order valence-electron chi connectivity index (χ1n) is 6.82. The Morgan fingerprint density at radius 3 is 2.13 bits per heavy atom. The number of rotatable bonds is 3. The summed E-state index contributed by atoms with van der Waals surface area (Å²) in [6.07, 6.45) is 17.5. The Balaban J connectivity index is 1.74. The van der Waals surface area contributed by atoms with Crippen LogP contribution in [0, 0.1) is 24.2 Å². The van der Waals surface area contributed by atoms with Crippen molar-refractivity contribution < 1.29 is 0 Å². The van der Waals surface area contributed by atoms with Crippen molar-refractivity contribution in [3.63, 3.8) is 0 Å². The Hall–Kier alpha value is -0.260. The van der Waals surface area contributed by atoms with Crippen LogP contribution in [0.15, 0.2) is 12.7 Å². The van der Waals surface area contributed by atoms with E-state index in [0.29, 0.717) is 0 Å². The van der Waals surface area contributed by atoms with Crippen molar-refractivity contribution in [2.24, 2.45) is 17.8 Å².